The predicted molar refractivity (Wildman–Crippen MR) is 61.4 cm³/mol. The van der Waals surface area contributed by atoms with Crippen LogP contribution in [-0.4, -0.2) is 13.2 Å². The Morgan fingerprint density at radius 3 is 3.00 bits per heavy atom. The molecule has 0 saturated heterocycles. The number of hydrogen-bond acceptors (Lipinski definition) is 2. The van der Waals surface area contributed by atoms with Crippen molar-refractivity contribution >= 4 is 39.1 Å². The van der Waals surface area contributed by atoms with Gasteiger partial charge in [0.05, 0.1) is 10.0 Å². The zero-order valence-electron chi connectivity index (χ0n) is 7.24. The summed E-state index contributed by atoms with van der Waals surface area (Å²) in [6.07, 6.45) is 0. The average Bonchev–Trinajstić information content (AvgIpc) is 2.39. The average molecular weight is 297 g/mol. The van der Waals surface area contributed by atoms with Gasteiger partial charge in [-0.3, -0.25) is 0 Å². The molecule has 2 rings (SSSR count). The molecule has 76 valence electrons. The number of nitrogens with one attached hydrogen (secondary N) is 1. The Morgan fingerprint density at radius 1 is 1.43 bits per heavy atom. The van der Waals surface area contributed by atoms with Gasteiger partial charge in [0.1, 0.15) is 12.4 Å². The summed E-state index contributed by atoms with van der Waals surface area (Å²) >= 11 is 15.5. The summed E-state index contributed by atoms with van der Waals surface area (Å²) in [4.78, 5) is 0. The minimum atomic E-state index is 0.597. The highest BCUT2D eigenvalue weighted by Crippen LogP contribution is 2.39. The van der Waals surface area contributed by atoms with Crippen LogP contribution < -0.4 is 10.1 Å². The maximum absolute atomic E-state index is 6.13. The highest BCUT2D eigenvalue weighted by molar-refractivity contribution is 9.10. The largest absolute Gasteiger partial charge is 0.490 e. The molecule has 1 heterocycles. The van der Waals surface area contributed by atoms with Crippen molar-refractivity contribution in [1.29, 1.82) is 0 Å². The van der Waals surface area contributed by atoms with Crippen LogP contribution in [0.15, 0.2) is 10.5 Å². The first-order chi connectivity index (χ1) is 6.70. The Balaban J connectivity index is 2.57. The monoisotopic (exact) mass is 295 g/mol. The molecule has 1 aromatic rings. The lowest BCUT2D eigenvalue weighted by Crippen LogP contribution is -2.16. The van der Waals surface area contributed by atoms with E-state index in [2.05, 4.69) is 21.2 Å². The Morgan fingerprint density at radius 2 is 2.21 bits per heavy atom. The van der Waals surface area contributed by atoms with E-state index in [0.29, 0.717) is 28.9 Å². The van der Waals surface area contributed by atoms with E-state index >= 15 is 0 Å². The molecule has 2 nitrogen and oxygen atoms in total. The van der Waals surface area contributed by atoms with Crippen LogP contribution in [0.3, 0.4) is 0 Å². The van der Waals surface area contributed by atoms with Crippen LogP contribution in [0.25, 0.3) is 0 Å². The Hall–Kier alpha value is 0.0400. The van der Waals surface area contributed by atoms with Crippen LogP contribution in [0, 0.1) is 0 Å². The van der Waals surface area contributed by atoms with Crippen LogP contribution in [0.4, 0.5) is 0 Å². The van der Waals surface area contributed by atoms with E-state index in [-0.39, 0.29) is 0 Å². The summed E-state index contributed by atoms with van der Waals surface area (Å²) in [6.45, 7) is 2.11. The summed E-state index contributed by atoms with van der Waals surface area (Å²) < 4.78 is 6.32. The van der Waals surface area contributed by atoms with Crippen LogP contribution in [-0.2, 0) is 6.54 Å². The first kappa shape index (κ1) is 10.6. The number of fused-ring (bicyclic) bond motifs is 1. The molecule has 0 unspecified atom stereocenters. The number of ether oxygens (including phenoxy) is 1. The van der Waals surface area contributed by atoms with Crippen molar-refractivity contribution in [1.82, 2.24) is 5.32 Å². The van der Waals surface area contributed by atoms with Crippen molar-refractivity contribution in [3.63, 3.8) is 0 Å². The molecule has 0 aliphatic carbocycles. The molecule has 0 fully saturated rings. The third-order valence-electron chi connectivity index (χ3n) is 2.05. The molecular formula is C9H8BrCl2NO. The number of benzene rings is 1. The van der Waals surface area contributed by atoms with Gasteiger partial charge in [-0.1, -0.05) is 23.2 Å². The highest BCUT2D eigenvalue weighted by Gasteiger charge is 2.17. The molecular weight excluding hydrogens is 289 g/mol. The minimum absolute atomic E-state index is 0.597. The normalized spacial score (nSPS) is 15.6. The zero-order chi connectivity index (χ0) is 10.1. The van der Waals surface area contributed by atoms with Crippen LogP contribution in [0.5, 0.6) is 5.75 Å². The van der Waals surface area contributed by atoms with Crippen molar-refractivity contribution < 1.29 is 4.74 Å². The summed E-state index contributed by atoms with van der Waals surface area (Å²) in [5.74, 6) is 0.699. The fourth-order valence-electron chi connectivity index (χ4n) is 1.38. The van der Waals surface area contributed by atoms with Crippen molar-refractivity contribution in [3.05, 3.63) is 26.1 Å². The second-order valence-corrected chi connectivity index (χ2v) is 4.63. The maximum atomic E-state index is 6.13. The SMILES string of the molecule is Clc1cc(Br)c(Cl)c2c1OCCNC2. The van der Waals surface area contributed by atoms with E-state index in [0.717, 1.165) is 16.6 Å². The van der Waals surface area contributed by atoms with Gasteiger partial charge in [-0.2, -0.15) is 0 Å². The summed E-state index contributed by atoms with van der Waals surface area (Å²) in [5.41, 5.74) is 0.920. The van der Waals surface area contributed by atoms with Crippen LogP contribution in [0.2, 0.25) is 10.0 Å². The van der Waals surface area contributed by atoms with Gasteiger partial charge >= 0.3 is 0 Å². The number of hydrogen-bond donors (Lipinski definition) is 1. The Labute approximate surface area is 101 Å². The first-order valence-corrected chi connectivity index (χ1v) is 5.75. The molecule has 0 radical (unpaired) electrons. The van der Waals surface area contributed by atoms with E-state index in [1.165, 1.54) is 0 Å². The molecule has 0 saturated carbocycles. The lowest BCUT2D eigenvalue weighted by molar-refractivity contribution is 0.326. The van der Waals surface area contributed by atoms with Gasteiger partial charge in [-0.25, -0.2) is 0 Å². The maximum Gasteiger partial charge on any atom is 0.144 e. The van der Waals surface area contributed by atoms with E-state index in [1.807, 2.05) is 0 Å². The van der Waals surface area contributed by atoms with Crippen LogP contribution in [0.1, 0.15) is 5.56 Å². The third kappa shape index (κ3) is 1.87. The standard InChI is InChI=1S/C9H8BrCl2NO/c10-6-3-7(11)9-5(8(6)12)4-13-1-2-14-9/h3,13H,1-2,4H2. The summed E-state index contributed by atoms with van der Waals surface area (Å²) in [6, 6.07) is 1.76. The first-order valence-electron chi connectivity index (χ1n) is 4.20. The lowest BCUT2D eigenvalue weighted by Gasteiger charge is -2.11. The Kier molecular flexibility index (Phi) is 3.22. The predicted octanol–water partition coefficient (Wildman–Crippen LogP) is 3.24. The highest BCUT2D eigenvalue weighted by atomic mass is 79.9. The van der Waals surface area contributed by atoms with E-state index in [9.17, 15) is 0 Å². The molecule has 0 bridgehead atoms. The molecule has 0 spiro atoms. The van der Waals surface area contributed by atoms with Gasteiger partial charge in [-0.05, 0) is 22.0 Å². The van der Waals surface area contributed by atoms with Crippen molar-refractivity contribution in [2.24, 2.45) is 0 Å². The molecule has 0 amide bonds. The molecule has 14 heavy (non-hydrogen) atoms. The Bertz CT molecular complexity index is 370. The molecule has 1 aliphatic heterocycles. The number of halogens is 3. The van der Waals surface area contributed by atoms with E-state index in [4.69, 9.17) is 27.9 Å². The minimum Gasteiger partial charge on any atom is -0.490 e. The summed E-state index contributed by atoms with van der Waals surface area (Å²) in [5, 5.41) is 4.47. The quantitative estimate of drug-likeness (QED) is 0.742. The molecule has 1 aromatic carbocycles. The van der Waals surface area contributed by atoms with Gasteiger partial charge in [0.2, 0.25) is 0 Å². The molecule has 5 heteroatoms. The zero-order valence-corrected chi connectivity index (χ0v) is 10.3. The third-order valence-corrected chi connectivity index (χ3v) is 3.61. The lowest BCUT2D eigenvalue weighted by atomic mass is 10.2. The molecule has 0 atom stereocenters. The smallest absolute Gasteiger partial charge is 0.144 e. The molecule has 1 aliphatic rings. The topological polar surface area (TPSA) is 21.3 Å². The second-order valence-electron chi connectivity index (χ2n) is 2.99. The molecule has 1 N–H and O–H groups in total. The van der Waals surface area contributed by atoms with E-state index < -0.39 is 0 Å². The van der Waals surface area contributed by atoms with Gasteiger partial charge in [0, 0.05) is 23.1 Å². The van der Waals surface area contributed by atoms with Gasteiger partial charge < -0.3 is 10.1 Å². The van der Waals surface area contributed by atoms with Crippen molar-refractivity contribution in [2.75, 3.05) is 13.2 Å². The van der Waals surface area contributed by atoms with Crippen LogP contribution >= 0.6 is 39.1 Å². The molecule has 0 aromatic heterocycles. The van der Waals surface area contributed by atoms with Crippen molar-refractivity contribution in [2.45, 2.75) is 6.54 Å². The van der Waals surface area contributed by atoms with E-state index in [1.54, 1.807) is 6.07 Å². The van der Waals surface area contributed by atoms with Gasteiger partial charge in [0.25, 0.3) is 0 Å². The number of rotatable bonds is 0. The summed E-state index contributed by atoms with van der Waals surface area (Å²) in [7, 11) is 0. The van der Waals surface area contributed by atoms with Gasteiger partial charge in [-0.15, -0.1) is 0 Å². The fraction of sp³-hybridized carbons (Fsp3) is 0.333. The van der Waals surface area contributed by atoms with Gasteiger partial charge in [0.15, 0.2) is 0 Å². The fourth-order valence-corrected chi connectivity index (χ4v) is 2.47. The second kappa shape index (κ2) is 4.27. The van der Waals surface area contributed by atoms with Crippen molar-refractivity contribution in [3.8, 4) is 5.75 Å².